The molecule has 3 aromatic heterocycles. The van der Waals surface area contributed by atoms with Crippen LogP contribution in [-0.2, 0) is 4.79 Å². The maximum atomic E-state index is 12.7. The smallest absolute Gasteiger partial charge is 0.230 e. The van der Waals surface area contributed by atoms with Crippen LogP contribution in [-0.4, -0.2) is 72.7 Å². The van der Waals surface area contributed by atoms with E-state index in [9.17, 15) is 19.8 Å². The summed E-state index contributed by atoms with van der Waals surface area (Å²) in [5.41, 5.74) is 11.4. The quantitative estimate of drug-likeness (QED) is 0.319. The number of nitrogens with zero attached hydrogens (tertiary/aromatic N) is 5. The molecule has 1 aliphatic heterocycles. The highest BCUT2D eigenvalue weighted by Gasteiger charge is 2.32. The lowest BCUT2D eigenvalue weighted by atomic mass is 9.89. The lowest BCUT2D eigenvalue weighted by Gasteiger charge is -2.34. The summed E-state index contributed by atoms with van der Waals surface area (Å²) in [5.74, 6) is -1.14. The number of rotatable bonds is 7. The van der Waals surface area contributed by atoms with Crippen molar-refractivity contribution >= 4 is 23.2 Å². The Morgan fingerprint density at radius 3 is 2.34 bits per heavy atom. The first-order chi connectivity index (χ1) is 18.4. The third kappa shape index (κ3) is 4.64. The number of Topliss-reactive ketones (excluding diaryl/α,β-unsaturated/α-hetero) is 1. The minimum Gasteiger partial charge on any atom is -0.395 e. The van der Waals surface area contributed by atoms with Crippen LogP contribution in [0, 0.1) is 5.92 Å². The molecular weight excluding hydrogens is 484 g/mol. The zero-order valence-corrected chi connectivity index (χ0v) is 21.1. The number of aromatic nitrogens is 4. The van der Waals surface area contributed by atoms with Crippen LogP contribution in [0.25, 0.3) is 28.0 Å². The highest BCUT2D eigenvalue weighted by molar-refractivity contribution is 6.00. The highest BCUT2D eigenvalue weighted by Crippen LogP contribution is 2.35. The van der Waals surface area contributed by atoms with E-state index in [1.165, 1.54) is 11.4 Å². The fraction of sp³-hybridized carbons (Fsp3) is 0.321. The third-order valence-corrected chi connectivity index (χ3v) is 7.19. The predicted octanol–water partition coefficient (Wildman–Crippen LogP) is 2.55. The topological polar surface area (TPSA) is 147 Å². The minimum absolute atomic E-state index is 0.0896. The van der Waals surface area contributed by atoms with E-state index in [2.05, 4.69) is 10.1 Å². The average molecular weight is 515 g/mol. The fourth-order valence-electron chi connectivity index (χ4n) is 5.07. The van der Waals surface area contributed by atoms with Crippen LogP contribution in [0.2, 0.25) is 0 Å². The summed E-state index contributed by atoms with van der Waals surface area (Å²) in [5, 5.41) is 23.2. The molecule has 0 unspecified atom stereocenters. The normalized spacial score (nSPS) is 14.4. The summed E-state index contributed by atoms with van der Waals surface area (Å²) in [6, 6.07) is 13.8. The first kappa shape index (κ1) is 25.5. The molecule has 1 fully saturated rings. The van der Waals surface area contributed by atoms with Crippen molar-refractivity contribution < 1.29 is 19.8 Å². The first-order valence-corrected chi connectivity index (χ1v) is 12.6. The third-order valence-electron chi connectivity index (χ3n) is 7.19. The number of nitrogen functional groups attached to an aromatic ring is 1. The van der Waals surface area contributed by atoms with Crippen molar-refractivity contribution in [1.82, 2.24) is 24.5 Å². The molecule has 10 heteroatoms. The Balaban J connectivity index is 1.48. The summed E-state index contributed by atoms with van der Waals surface area (Å²) in [4.78, 5) is 36.4. The van der Waals surface area contributed by atoms with Crippen molar-refractivity contribution in [2.75, 3.05) is 32.0 Å². The van der Waals surface area contributed by atoms with Crippen molar-refractivity contribution in [3.8, 4) is 22.4 Å². The largest absolute Gasteiger partial charge is 0.395 e. The van der Waals surface area contributed by atoms with Crippen molar-refractivity contribution in [2.24, 2.45) is 5.92 Å². The lowest BCUT2D eigenvalue weighted by molar-refractivity contribution is -0.139. The number of ketones is 1. The maximum absolute atomic E-state index is 12.7. The second-order valence-electron chi connectivity index (χ2n) is 9.57. The summed E-state index contributed by atoms with van der Waals surface area (Å²) >= 11 is 0. The lowest BCUT2D eigenvalue weighted by Crippen LogP contribution is -2.43. The average Bonchev–Trinajstić information content (AvgIpc) is 3.38. The molecule has 1 saturated heterocycles. The van der Waals surface area contributed by atoms with Crippen LogP contribution in [0.15, 0.2) is 54.9 Å². The Hall–Kier alpha value is -4.15. The van der Waals surface area contributed by atoms with Crippen molar-refractivity contribution in [3.63, 3.8) is 0 Å². The molecule has 0 saturated carbocycles. The van der Waals surface area contributed by atoms with Gasteiger partial charge in [-0.2, -0.15) is 9.61 Å². The van der Waals surface area contributed by atoms with Gasteiger partial charge in [0.05, 0.1) is 42.3 Å². The fourth-order valence-corrected chi connectivity index (χ4v) is 5.07. The van der Waals surface area contributed by atoms with Gasteiger partial charge in [0.2, 0.25) is 5.91 Å². The van der Waals surface area contributed by atoms with Gasteiger partial charge in [-0.05, 0) is 25.8 Å². The molecule has 0 radical (unpaired) electrons. The van der Waals surface area contributed by atoms with Crippen LogP contribution in [0.1, 0.15) is 41.7 Å². The van der Waals surface area contributed by atoms with E-state index in [1.807, 2.05) is 42.5 Å². The van der Waals surface area contributed by atoms with E-state index in [1.54, 1.807) is 17.3 Å². The van der Waals surface area contributed by atoms with Crippen LogP contribution >= 0.6 is 0 Å². The molecule has 4 heterocycles. The summed E-state index contributed by atoms with van der Waals surface area (Å²) in [7, 11) is 0. The molecule has 196 valence electrons. The van der Waals surface area contributed by atoms with Gasteiger partial charge < -0.3 is 20.8 Å². The molecule has 1 amide bonds. The number of nitrogens with two attached hydrogens (primary N) is 1. The summed E-state index contributed by atoms with van der Waals surface area (Å²) in [6.07, 6.45) is 4.61. The monoisotopic (exact) mass is 514 g/mol. The van der Waals surface area contributed by atoms with Gasteiger partial charge >= 0.3 is 0 Å². The van der Waals surface area contributed by atoms with E-state index in [0.29, 0.717) is 42.8 Å². The van der Waals surface area contributed by atoms with Crippen LogP contribution in [0.5, 0.6) is 0 Å². The molecule has 4 N–H and O–H groups in total. The molecule has 0 aliphatic carbocycles. The number of anilines is 1. The van der Waals surface area contributed by atoms with E-state index in [4.69, 9.17) is 10.7 Å². The van der Waals surface area contributed by atoms with Gasteiger partial charge in [-0.1, -0.05) is 36.4 Å². The van der Waals surface area contributed by atoms with E-state index in [-0.39, 0.29) is 23.4 Å². The SMILES string of the molecule is CC(=O)c1c(C2CCN(C(=O)C(CO)CO)CC2)nc2c(-c3ccc(-c4ccccc4)nc3)cnn2c1N. The summed E-state index contributed by atoms with van der Waals surface area (Å²) < 4.78 is 1.49. The number of carbonyl (C=O) groups excluding carboxylic acids is 2. The number of pyridine rings is 1. The van der Waals surface area contributed by atoms with Gasteiger partial charge in [-0.25, -0.2) is 4.98 Å². The van der Waals surface area contributed by atoms with Crippen LogP contribution in [0.3, 0.4) is 0 Å². The first-order valence-electron chi connectivity index (χ1n) is 12.6. The van der Waals surface area contributed by atoms with E-state index in [0.717, 1.165) is 22.4 Å². The number of piperidine rings is 1. The van der Waals surface area contributed by atoms with Gasteiger partial charge in [-0.15, -0.1) is 0 Å². The van der Waals surface area contributed by atoms with E-state index >= 15 is 0 Å². The molecule has 5 rings (SSSR count). The number of fused-ring (bicyclic) bond motifs is 1. The second kappa shape index (κ2) is 10.7. The van der Waals surface area contributed by atoms with Gasteiger partial charge in [0, 0.05) is 41.9 Å². The second-order valence-corrected chi connectivity index (χ2v) is 9.57. The number of aliphatic hydroxyl groups excluding tert-OH is 2. The number of benzene rings is 1. The number of hydrogen-bond donors (Lipinski definition) is 3. The van der Waals surface area contributed by atoms with Gasteiger partial charge in [0.15, 0.2) is 11.4 Å². The molecule has 4 aromatic rings. The van der Waals surface area contributed by atoms with Crippen LogP contribution < -0.4 is 5.73 Å². The number of amides is 1. The molecule has 38 heavy (non-hydrogen) atoms. The van der Waals surface area contributed by atoms with Gasteiger partial charge in [0.25, 0.3) is 0 Å². The molecule has 0 bridgehead atoms. The number of hydrogen-bond acceptors (Lipinski definition) is 8. The Morgan fingerprint density at radius 2 is 1.74 bits per heavy atom. The molecular formula is C28H30N6O4. The van der Waals surface area contributed by atoms with E-state index < -0.39 is 19.1 Å². The van der Waals surface area contributed by atoms with Gasteiger partial charge in [-0.3, -0.25) is 14.6 Å². The van der Waals surface area contributed by atoms with Crippen molar-refractivity contribution in [1.29, 1.82) is 0 Å². The van der Waals surface area contributed by atoms with Gasteiger partial charge in [0.1, 0.15) is 5.82 Å². The molecule has 0 spiro atoms. The maximum Gasteiger partial charge on any atom is 0.230 e. The Morgan fingerprint density at radius 1 is 1.03 bits per heavy atom. The molecule has 10 nitrogen and oxygen atoms in total. The molecule has 1 aliphatic rings. The van der Waals surface area contributed by atoms with Crippen molar-refractivity contribution in [2.45, 2.75) is 25.7 Å². The van der Waals surface area contributed by atoms with Crippen LogP contribution in [0.4, 0.5) is 5.82 Å². The number of aliphatic hydroxyl groups is 2. The Labute approximate surface area is 219 Å². The Bertz CT molecular complexity index is 1460. The molecule has 1 aromatic carbocycles. The number of carbonyl (C=O) groups is 2. The standard InChI is InChI=1S/C28H30N6O4/c1-17(37)24-25(19-9-11-33(12-10-19)28(38)21(15-35)16-36)32-27-22(14-31-34(27)26(24)29)20-7-8-23(30-13-20)18-5-3-2-4-6-18/h2-8,13-14,19,21,35-36H,9-12,15-16,29H2,1H3. The van der Waals surface area contributed by atoms with Crippen molar-refractivity contribution in [3.05, 3.63) is 66.1 Å². The minimum atomic E-state index is -0.819. The Kier molecular flexibility index (Phi) is 7.17. The highest BCUT2D eigenvalue weighted by atomic mass is 16.3. The zero-order valence-electron chi connectivity index (χ0n) is 21.1. The number of likely N-dealkylation sites (tertiary alicyclic amines) is 1. The predicted molar refractivity (Wildman–Crippen MR) is 142 cm³/mol. The summed E-state index contributed by atoms with van der Waals surface area (Å²) in [6.45, 7) is 1.53. The molecule has 0 atom stereocenters. The zero-order chi connectivity index (χ0) is 26.8.